The quantitative estimate of drug-likeness (QED) is 0.732. The van der Waals surface area contributed by atoms with Crippen molar-refractivity contribution in [2.45, 2.75) is 40.0 Å². The third-order valence-electron chi connectivity index (χ3n) is 3.67. The molecule has 0 rings (SSSR count). The van der Waals surface area contributed by atoms with E-state index >= 15 is 0 Å². The van der Waals surface area contributed by atoms with Crippen molar-refractivity contribution in [3.05, 3.63) is 0 Å². The number of nitrogens with two attached hydrogens (primary N) is 1. The Morgan fingerprint density at radius 3 is 2.20 bits per heavy atom. The molecule has 20 heavy (non-hydrogen) atoms. The Hall–Kier alpha value is -0.620. The van der Waals surface area contributed by atoms with E-state index in [0.29, 0.717) is 18.9 Å². The molecule has 0 spiro atoms. The molecular formula is C14H30N2O3S. The van der Waals surface area contributed by atoms with E-state index in [4.69, 9.17) is 5.73 Å². The second-order valence-electron chi connectivity index (χ2n) is 6.62. The molecule has 0 radical (unpaired) electrons. The summed E-state index contributed by atoms with van der Waals surface area (Å²) in [6, 6.07) is 0. The molecule has 6 heteroatoms. The molecule has 0 heterocycles. The van der Waals surface area contributed by atoms with Crippen molar-refractivity contribution in [2.24, 2.45) is 17.1 Å². The van der Waals surface area contributed by atoms with Gasteiger partial charge in [-0.15, -0.1) is 0 Å². The summed E-state index contributed by atoms with van der Waals surface area (Å²) in [6.45, 7) is 7.36. The van der Waals surface area contributed by atoms with Gasteiger partial charge in [-0.1, -0.05) is 20.8 Å². The highest BCUT2D eigenvalue weighted by atomic mass is 32.2. The zero-order valence-electron chi connectivity index (χ0n) is 13.5. The lowest BCUT2D eigenvalue weighted by Gasteiger charge is -2.31. The van der Waals surface area contributed by atoms with Crippen molar-refractivity contribution in [1.82, 2.24) is 4.90 Å². The number of carbonyl (C=O) groups is 1. The smallest absolute Gasteiger partial charge is 0.222 e. The van der Waals surface area contributed by atoms with Gasteiger partial charge >= 0.3 is 0 Å². The molecule has 1 atom stereocenters. The van der Waals surface area contributed by atoms with Gasteiger partial charge in [0.15, 0.2) is 0 Å². The fraction of sp³-hybridized carbons (Fsp3) is 0.929. The number of sulfone groups is 1. The molecule has 0 bridgehead atoms. The molecule has 0 aromatic rings. The third kappa shape index (κ3) is 8.53. The highest BCUT2D eigenvalue weighted by Gasteiger charge is 2.25. The minimum atomic E-state index is -3.03. The monoisotopic (exact) mass is 306 g/mol. The van der Waals surface area contributed by atoms with Crippen LogP contribution in [0.25, 0.3) is 0 Å². The molecule has 5 nitrogen and oxygen atoms in total. The number of hydrogen-bond acceptors (Lipinski definition) is 4. The Balaban J connectivity index is 4.31. The van der Waals surface area contributed by atoms with Crippen LogP contribution >= 0.6 is 0 Å². The van der Waals surface area contributed by atoms with Gasteiger partial charge in [-0.05, 0) is 30.7 Å². The predicted molar refractivity (Wildman–Crippen MR) is 83.2 cm³/mol. The van der Waals surface area contributed by atoms with E-state index in [1.807, 2.05) is 0 Å². The molecule has 0 aliphatic heterocycles. The molecule has 0 aliphatic rings. The SMILES string of the molecule is CN(CCS(C)(=O)=O)C(=O)CCC(CCN)C(C)(C)C. The largest absolute Gasteiger partial charge is 0.345 e. The van der Waals surface area contributed by atoms with Gasteiger partial charge in [-0.3, -0.25) is 4.79 Å². The Morgan fingerprint density at radius 2 is 1.80 bits per heavy atom. The lowest BCUT2D eigenvalue weighted by molar-refractivity contribution is -0.130. The van der Waals surface area contributed by atoms with E-state index in [1.165, 1.54) is 11.2 Å². The Labute approximate surface area is 123 Å². The average molecular weight is 306 g/mol. The molecule has 1 unspecified atom stereocenters. The normalized spacial score (nSPS) is 14.1. The van der Waals surface area contributed by atoms with Crippen LogP contribution in [0.1, 0.15) is 40.0 Å². The summed E-state index contributed by atoms with van der Waals surface area (Å²) in [5, 5.41) is 0. The van der Waals surface area contributed by atoms with E-state index in [1.54, 1.807) is 7.05 Å². The average Bonchev–Trinajstić information content (AvgIpc) is 2.28. The maximum Gasteiger partial charge on any atom is 0.222 e. The van der Waals surface area contributed by atoms with Crippen molar-refractivity contribution >= 4 is 15.7 Å². The summed E-state index contributed by atoms with van der Waals surface area (Å²) in [5.41, 5.74) is 5.76. The number of carbonyl (C=O) groups excluding carboxylic acids is 1. The Bertz CT molecular complexity index is 399. The van der Waals surface area contributed by atoms with Crippen molar-refractivity contribution in [3.63, 3.8) is 0 Å². The van der Waals surface area contributed by atoms with Crippen LogP contribution in [0.15, 0.2) is 0 Å². The van der Waals surface area contributed by atoms with E-state index in [9.17, 15) is 13.2 Å². The predicted octanol–water partition coefficient (Wildman–Crippen LogP) is 1.28. The van der Waals surface area contributed by atoms with Crippen molar-refractivity contribution in [3.8, 4) is 0 Å². The van der Waals surface area contributed by atoms with Crippen LogP contribution in [-0.4, -0.2) is 51.4 Å². The first kappa shape index (κ1) is 19.4. The van der Waals surface area contributed by atoms with Gasteiger partial charge in [0.05, 0.1) is 5.75 Å². The van der Waals surface area contributed by atoms with Gasteiger partial charge in [-0.25, -0.2) is 8.42 Å². The highest BCUT2D eigenvalue weighted by Crippen LogP contribution is 2.32. The van der Waals surface area contributed by atoms with E-state index in [0.717, 1.165) is 12.8 Å². The molecule has 0 saturated carbocycles. The van der Waals surface area contributed by atoms with Gasteiger partial charge in [-0.2, -0.15) is 0 Å². The molecule has 2 N–H and O–H groups in total. The van der Waals surface area contributed by atoms with Gasteiger partial charge < -0.3 is 10.6 Å². The Morgan fingerprint density at radius 1 is 1.25 bits per heavy atom. The summed E-state index contributed by atoms with van der Waals surface area (Å²) in [5.74, 6) is 0.417. The van der Waals surface area contributed by atoms with Crippen LogP contribution in [0.3, 0.4) is 0 Å². The van der Waals surface area contributed by atoms with E-state index < -0.39 is 9.84 Å². The third-order valence-corrected chi connectivity index (χ3v) is 4.59. The van der Waals surface area contributed by atoms with Crippen molar-refractivity contribution in [2.75, 3.05) is 32.1 Å². The molecule has 0 saturated heterocycles. The molecule has 1 amide bonds. The van der Waals surface area contributed by atoms with Gasteiger partial charge in [0.25, 0.3) is 0 Å². The highest BCUT2D eigenvalue weighted by molar-refractivity contribution is 7.90. The fourth-order valence-corrected chi connectivity index (χ4v) is 2.73. The second kappa shape index (κ2) is 7.98. The summed E-state index contributed by atoms with van der Waals surface area (Å²) < 4.78 is 22.2. The van der Waals surface area contributed by atoms with Gasteiger partial charge in [0.2, 0.25) is 5.91 Å². The summed E-state index contributed by atoms with van der Waals surface area (Å²) in [6.07, 6.45) is 3.33. The van der Waals surface area contributed by atoms with Gasteiger partial charge in [0, 0.05) is 26.3 Å². The van der Waals surface area contributed by atoms with Crippen LogP contribution in [-0.2, 0) is 14.6 Å². The first-order chi connectivity index (χ1) is 8.97. The topological polar surface area (TPSA) is 80.5 Å². The molecule has 0 aromatic carbocycles. The van der Waals surface area contributed by atoms with Gasteiger partial charge in [0.1, 0.15) is 9.84 Å². The maximum atomic E-state index is 12.0. The minimum Gasteiger partial charge on any atom is -0.345 e. The first-order valence-corrected chi connectivity index (χ1v) is 9.15. The van der Waals surface area contributed by atoms with Crippen molar-refractivity contribution in [1.29, 1.82) is 0 Å². The second-order valence-corrected chi connectivity index (χ2v) is 8.88. The summed E-state index contributed by atoms with van der Waals surface area (Å²) in [7, 11) is -1.37. The number of hydrogen-bond donors (Lipinski definition) is 1. The molecular weight excluding hydrogens is 276 g/mol. The van der Waals surface area contributed by atoms with Crippen LogP contribution in [0.4, 0.5) is 0 Å². The minimum absolute atomic E-state index is 0.0000728. The maximum absolute atomic E-state index is 12.0. The number of rotatable bonds is 8. The molecule has 120 valence electrons. The van der Waals surface area contributed by atoms with Crippen LogP contribution in [0, 0.1) is 11.3 Å². The number of amides is 1. The van der Waals surface area contributed by atoms with Crippen LogP contribution in [0.5, 0.6) is 0 Å². The molecule has 0 aliphatic carbocycles. The first-order valence-electron chi connectivity index (χ1n) is 7.09. The van der Waals surface area contributed by atoms with E-state index in [-0.39, 0.29) is 23.6 Å². The fourth-order valence-electron chi connectivity index (χ4n) is 2.13. The zero-order chi connectivity index (χ0) is 16.0. The van der Waals surface area contributed by atoms with Crippen LogP contribution in [0.2, 0.25) is 0 Å². The summed E-state index contributed by atoms with van der Waals surface area (Å²) >= 11 is 0. The summed E-state index contributed by atoms with van der Waals surface area (Å²) in [4.78, 5) is 13.5. The lowest BCUT2D eigenvalue weighted by atomic mass is 9.76. The van der Waals surface area contributed by atoms with Crippen molar-refractivity contribution < 1.29 is 13.2 Å². The van der Waals surface area contributed by atoms with E-state index in [2.05, 4.69) is 20.8 Å². The standard InChI is InChI=1S/C14H30N2O3S/c1-14(2,3)12(8-9-15)6-7-13(17)16(4)10-11-20(5,18)19/h12H,6-11,15H2,1-5H3. The van der Waals surface area contributed by atoms with Crippen LogP contribution < -0.4 is 5.73 Å². The zero-order valence-corrected chi connectivity index (χ0v) is 14.3. The molecule has 0 fully saturated rings. The molecule has 0 aromatic heterocycles. The number of nitrogens with zero attached hydrogens (tertiary/aromatic N) is 1. The lowest BCUT2D eigenvalue weighted by Crippen LogP contribution is -2.32. The Kier molecular flexibility index (Phi) is 7.73.